The van der Waals surface area contributed by atoms with Crippen molar-refractivity contribution >= 4 is 11.9 Å². The SMILES string of the molecule is COc1ccccc1CC(C(=O)N=C(N)N)c1ccccc1. The highest BCUT2D eigenvalue weighted by Gasteiger charge is 2.22. The number of carbonyl (C=O) groups excluding carboxylic acids is 1. The third kappa shape index (κ3) is 3.85. The number of carbonyl (C=O) groups is 1. The maximum absolute atomic E-state index is 12.4. The number of aliphatic imine (C=N–C) groups is 1. The standard InChI is InChI=1S/C17H19N3O2/c1-22-15-10-6-5-9-13(15)11-14(16(21)20-17(18)19)12-7-3-2-4-8-12/h2-10,14H,11H2,1H3,(H4,18,19,20,21). The summed E-state index contributed by atoms with van der Waals surface area (Å²) < 4.78 is 5.35. The van der Waals surface area contributed by atoms with E-state index in [2.05, 4.69) is 4.99 Å². The average molecular weight is 297 g/mol. The number of nitrogens with zero attached hydrogens (tertiary/aromatic N) is 1. The van der Waals surface area contributed by atoms with Crippen LogP contribution in [0.4, 0.5) is 0 Å². The number of amides is 1. The van der Waals surface area contributed by atoms with E-state index in [9.17, 15) is 4.79 Å². The van der Waals surface area contributed by atoms with Crippen molar-refractivity contribution in [3.8, 4) is 5.75 Å². The summed E-state index contributed by atoms with van der Waals surface area (Å²) >= 11 is 0. The Hall–Kier alpha value is -2.82. The molecular weight excluding hydrogens is 278 g/mol. The summed E-state index contributed by atoms with van der Waals surface area (Å²) in [6.07, 6.45) is 0.462. The van der Waals surface area contributed by atoms with Crippen molar-refractivity contribution in [2.45, 2.75) is 12.3 Å². The van der Waals surface area contributed by atoms with Gasteiger partial charge in [0.2, 0.25) is 0 Å². The first kappa shape index (κ1) is 15.6. The quantitative estimate of drug-likeness (QED) is 0.650. The molecule has 1 amide bonds. The van der Waals surface area contributed by atoms with E-state index in [1.807, 2.05) is 54.6 Å². The fourth-order valence-electron chi connectivity index (χ4n) is 2.33. The lowest BCUT2D eigenvalue weighted by Crippen LogP contribution is -2.26. The Morgan fingerprint density at radius 2 is 1.73 bits per heavy atom. The summed E-state index contributed by atoms with van der Waals surface area (Å²) in [6, 6.07) is 17.0. The van der Waals surface area contributed by atoms with Crippen LogP contribution < -0.4 is 16.2 Å². The second-order valence-corrected chi connectivity index (χ2v) is 4.85. The molecule has 0 spiro atoms. The smallest absolute Gasteiger partial charge is 0.256 e. The van der Waals surface area contributed by atoms with Gasteiger partial charge >= 0.3 is 0 Å². The molecule has 5 heteroatoms. The van der Waals surface area contributed by atoms with Crippen LogP contribution in [0.3, 0.4) is 0 Å². The minimum atomic E-state index is -0.459. The molecule has 2 aromatic carbocycles. The Labute approximate surface area is 129 Å². The van der Waals surface area contributed by atoms with Gasteiger partial charge in [0.25, 0.3) is 5.91 Å². The first-order valence-corrected chi connectivity index (χ1v) is 6.92. The molecule has 2 rings (SSSR count). The van der Waals surface area contributed by atoms with Gasteiger partial charge in [0.05, 0.1) is 13.0 Å². The molecule has 1 atom stereocenters. The lowest BCUT2D eigenvalue weighted by Gasteiger charge is -2.16. The molecule has 0 heterocycles. The molecule has 0 aliphatic rings. The van der Waals surface area contributed by atoms with Gasteiger partial charge in [-0.3, -0.25) is 4.79 Å². The van der Waals surface area contributed by atoms with Crippen molar-refractivity contribution in [1.29, 1.82) is 0 Å². The molecule has 0 saturated carbocycles. The lowest BCUT2D eigenvalue weighted by molar-refractivity contribution is -0.119. The monoisotopic (exact) mass is 297 g/mol. The summed E-state index contributed by atoms with van der Waals surface area (Å²) in [7, 11) is 1.61. The third-order valence-electron chi connectivity index (χ3n) is 3.36. The Kier molecular flexibility index (Phi) is 5.14. The largest absolute Gasteiger partial charge is 0.496 e. The predicted octanol–water partition coefficient (Wildman–Crippen LogP) is 1.82. The maximum Gasteiger partial charge on any atom is 0.256 e. The van der Waals surface area contributed by atoms with Crippen LogP contribution in [-0.2, 0) is 11.2 Å². The Bertz CT molecular complexity index is 665. The van der Waals surface area contributed by atoms with Crippen molar-refractivity contribution in [3.63, 3.8) is 0 Å². The van der Waals surface area contributed by atoms with E-state index >= 15 is 0 Å². The average Bonchev–Trinajstić information content (AvgIpc) is 2.53. The van der Waals surface area contributed by atoms with Gasteiger partial charge in [-0.05, 0) is 23.6 Å². The molecule has 0 aliphatic carbocycles. The van der Waals surface area contributed by atoms with Gasteiger partial charge in [-0.15, -0.1) is 0 Å². The zero-order valence-electron chi connectivity index (χ0n) is 12.4. The number of guanidine groups is 1. The van der Waals surface area contributed by atoms with Crippen molar-refractivity contribution in [2.75, 3.05) is 7.11 Å². The van der Waals surface area contributed by atoms with E-state index in [1.165, 1.54) is 0 Å². The molecule has 0 saturated heterocycles. The van der Waals surface area contributed by atoms with Crippen LogP contribution >= 0.6 is 0 Å². The van der Waals surface area contributed by atoms with Crippen LogP contribution in [0.2, 0.25) is 0 Å². The molecule has 0 fully saturated rings. The molecule has 4 N–H and O–H groups in total. The summed E-state index contributed by atoms with van der Waals surface area (Å²) in [4.78, 5) is 16.1. The number of methoxy groups -OCH3 is 1. The van der Waals surface area contributed by atoms with E-state index in [1.54, 1.807) is 7.11 Å². The van der Waals surface area contributed by atoms with Crippen molar-refractivity contribution in [2.24, 2.45) is 16.5 Å². The highest BCUT2D eigenvalue weighted by molar-refractivity contribution is 5.95. The predicted molar refractivity (Wildman–Crippen MR) is 86.7 cm³/mol. The van der Waals surface area contributed by atoms with E-state index in [-0.39, 0.29) is 11.9 Å². The molecule has 1 unspecified atom stereocenters. The van der Waals surface area contributed by atoms with Gasteiger partial charge < -0.3 is 16.2 Å². The molecule has 114 valence electrons. The molecule has 2 aromatic rings. The Balaban J connectivity index is 2.37. The Morgan fingerprint density at radius 3 is 2.36 bits per heavy atom. The molecule has 22 heavy (non-hydrogen) atoms. The minimum absolute atomic E-state index is 0.231. The molecule has 0 radical (unpaired) electrons. The van der Waals surface area contributed by atoms with E-state index in [0.29, 0.717) is 6.42 Å². The molecular formula is C17H19N3O2. The highest BCUT2D eigenvalue weighted by Crippen LogP contribution is 2.27. The van der Waals surface area contributed by atoms with Crippen molar-refractivity contribution < 1.29 is 9.53 Å². The summed E-state index contributed by atoms with van der Waals surface area (Å²) in [5.41, 5.74) is 12.5. The van der Waals surface area contributed by atoms with Gasteiger partial charge in [-0.1, -0.05) is 48.5 Å². The number of ether oxygens (including phenoxy) is 1. The second-order valence-electron chi connectivity index (χ2n) is 4.85. The highest BCUT2D eigenvalue weighted by atomic mass is 16.5. The zero-order valence-corrected chi connectivity index (χ0v) is 12.4. The first-order chi connectivity index (χ1) is 10.6. The fraction of sp³-hybridized carbons (Fsp3) is 0.176. The zero-order chi connectivity index (χ0) is 15.9. The third-order valence-corrected chi connectivity index (χ3v) is 3.36. The van der Waals surface area contributed by atoms with Crippen molar-refractivity contribution in [1.82, 2.24) is 0 Å². The van der Waals surface area contributed by atoms with Crippen LogP contribution in [0, 0.1) is 0 Å². The van der Waals surface area contributed by atoms with E-state index in [4.69, 9.17) is 16.2 Å². The Morgan fingerprint density at radius 1 is 1.09 bits per heavy atom. The molecule has 0 bridgehead atoms. The van der Waals surface area contributed by atoms with Crippen LogP contribution in [0.5, 0.6) is 5.75 Å². The first-order valence-electron chi connectivity index (χ1n) is 6.92. The second kappa shape index (κ2) is 7.26. The number of nitrogens with two attached hydrogens (primary N) is 2. The molecule has 5 nitrogen and oxygen atoms in total. The summed E-state index contributed by atoms with van der Waals surface area (Å²) in [5, 5.41) is 0. The summed E-state index contributed by atoms with van der Waals surface area (Å²) in [6.45, 7) is 0. The number of hydrogen-bond acceptors (Lipinski definition) is 2. The van der Waals surface area contributed by atoms with Gasteiger partial charge in [0.15, 0.2) is 5.96 Å². The topological polar surface area (TPSA) is 90.7 Å². The van der Waals surface area contributed by atoms with Crippen LogP contribution in [0.15, 0.2) is 59.6 Å². The number of benzene rings is 2. The molecule has 0 aromatic heterocycles. The van der Waals surface area contributed by atoms with Crippen LogP contribution in [0.1, 0.15) is 17.0 Å². The fourth-order valence-corrected chi connectivity index (χ4v) is 2.33. The normalized spacial score (nSPS) is 11.5. The van der Waals surface area contributed by atoms with Crippen LogP contribution in [-0.4, -0.2) is 19.0 Å². The number of rotatable bonds is 5. The van der Waals surface area contributed by atoms with Gasteiger partial charge in [-0.25, -0.2) is 0 Å². The van der Waals surface area contributed by atoms with E-state index < -0.39 is 5.92 Å². The van der Waals surface area contributed by atoms with Crippen LogP contribution in [0.25, 0.3) is 0 Å². The lowest BCUT2D eigenvalue weighted by atomic mass is 9.91. The van der Waals surface area contributed by atoms with E-state index in [0.717, 1.165) is 16.9 Å². The van der Waals surface area contributed by atoms with Gasteiger partial charge in [0.1, 0.15) is 5.75 Å². The van der Waals surface area contributed by atoms with Gasteiger partial charge in [0, 0.05) is 0 Å². The minimum Gasteiger partial charge on any atom is -0.496 e. The number of hydrogen-bond donors (Lipinski definition) is 2. The summed E-state index contributed by atoms with van der Waals surface area (Å²) in [5.74, 6) is -0.316. The molecule has 0 aliphatic heterocycles. The number of para-hydroxylation sites is 1. The maximum atomic E-state index is 12.4. The van der Waals surface area contributed by atoms with Gasteiger partial charge in [-0.2, -0.15) is 4.99 Å². The van der Waals surface area contributed by atoms with Crippen molar-refractivity contribution in [3.05, 3.63) is 65.7 Å².